The third kappa shape index (κ3) is 7.17. The molecule has 0 amide bonds. The van der Waals surface area contributed by atoms with E-state index in [1.165, 1.54) is 44.0 Å². The van der Waals surface area contributed by atoms with Crippen molar-refractivity contribution >= 4 is 11.8 Å². The number of thioether (sulfide) groups is 1. The molecule has 0 aromatic heterocycles. The lowest BCUT2D eigenvalue weighted by atomic mass is 10.3. The summed E-state index contributed by atoms with van der Waals surface area (Å²) < 4.78 is 4.97. The molecule has 0 aromatic rings. The first-order valence-corrected chi connectivity index (χ1v) is 7.08. The highest BCUT2D eigenvalue weighted by Crippen LogP contribution is 2.09. The molecule has 0 bridgehead atoms. The van der Waals surface area contributed by atoms with Gasteiger partial charge in [0.2, 0.25) is 0 Å². The van der Waals surface area contributed by atoms with Crippen LogP contribution in [0.15, 0.2) is 0 Å². The lowest BCUT2D eigenvalue weighted by Gasteiger charge is -2.25. The van der Waals surface area contributed by atoms with Crippen LogP contribution < -0.4 is 5.32 Å². The second-order valence-electron chi connectivity index (χ2n) is 3.90. The van der Waals surface area contributed by atoms with Crippen LogP contribution in [0.5, 0.6) is 0 Å². The van der Waals surface area contributed by atoms with E-state index >= 15 is 0 Å². The zero-order valence-electron chi connectivity index (χ0n) is 9.83. The maximum Gasteiger partial charge on any atom is 0.0587 e. The van der Waals surface area contributed by atoms with Gasteiger partial charge in [0.05, 0.1) is 6.61 Å². The van der Waals surface area contributed by atoms with E-state index in [1.54, 1.807) is 7.11 Å². The van der Waals surface area contributed by atoms with Crippen LogP contribution in [0.25, 0.3) is 0 Å². The molecule has 1 N–H and O–H groups in total. The molecule has 0 atom stereocenters. The van der Waals surface area contributed by atoms with Crippen molar-refractivity contribution in [2.45, 2.75) is 12.8 Å². The van der Waals surface area contributed by atoms with Gasteiger partial charge in [0.25, 0.3) is 0 Å². The Morgan fingerprint density at radius 3 is 2.73 bits per heavy atom. The van der Waals surface area contributed by atoms with Crippen molar-refractivity contribution in [3.8, 4) is 0 Å². The molecular formula is C11H24N2OS. The van der Waals surface area contributed by atoms with Crippen molar-refractivity contribution in [1.82, 2.24) is 10.2 Å². The van der Waals surface area contributed by atoms with Crippen molar-refractivity contribution in [1.29, 1.82) is 0 Å². The fraction of sp³-hybridized carbons (Fsp3) is 1.00. The summed E-state index contributed by atoms with van der Waals surface area (Å²) in [4.78, 5) is 2.59. The topological polar surface area (TPSA) is 24.5 Å². The number of rotatable bonds is 8. The lowest BCUT2D eigenvalue weighted by Crippen LogP contribution is -2.33. The minimum absolute atomic E-state index is 0.823. The van der Waals surface area contributed by atoms with Gasteiger partial charge in [-0.15, -0.1) is 0 Å². The Labute approximate surface area is 97.9 Å². The molecule has 1 aliphatic heterocycles. The summed E-state index contributed by atoms with van der Waals surface area (Å²) in [7, 11) is 1.75. The van der Waals surface area contributed by atoms with Gasteiger partial charge in [0.15, 0.2) is 0 Å². The molecular weight excluding hydrogens is 208 g/mol. The number of ether oxygens (including phenoxy) is 1. The molecule has 0 saturated carbocycles. The minimum atomic E-state index is 0.823. The van der Waals surface area contributed by atoms with Gasteiger partial charge in [-0.05, 0) is 25.9 Å². The Balaban J connectivity index is 1.79. The number of hydrogen-bond acceptors (Lipinski definition) is 4. The molecule has 1 heterocycles. The van der Waals surface area contributed by atoms with Gasteiger partial charge in [-0.2, -0.15) is 11.8 Å². The number of hydrogen-bond donors (Lipinski definition) is 1. The van der Waals surface area contributed by atoms with Crippen LogP contribution in [0.3, 0.4) is 0 Å². The minimum Gasteiger partial charge on any atom is -0.383 e. The van der Waals surface area contributed by atoms with Gasteiger partial charge in [-0.25, -0.2) is 0 Å². The first-order chi connectivity index (χ1) is 7.43. The van der Waals surface area contributed by atoms with Gasteiger partial charge in [-0.3, -0.25) is 0 Å². The predicted molar refractivity (Wildman–Crippen MR) is 67.7 cm³/mol. The second kappa shape index (κ2) is 9.46. The molecule has 1 fully saturated rings. The summed E-state index contributed by atoms with van der Waals surface area (Å²) in [6.45, 7) is 6.81. The average molecular weight is 232 g/mol. The SMILES string of the molecule is COCCNCCCCN1CCSCC1. The monoisotopic (exact) mass is 232 g/mol. The standard InChI is InChI=1S/C11H24N2OS/c1-14-9-5-12-4-2-3-6-13-7-10-15-11-8-13/h12H,2-11H2,1H3. The van der Waals surface area contributed by atoms with Crippen LogP contribution >= 0.6 is 11.8 Å². The van der Waals surface area contributed by atoms with Gasteiger partial charge in [0.1, 0.15) is 0 Å². The van der Waals surface area contributed by atoms with Crippen LogP contribution in [0.4, 0.5) is 0 Å². The summed E-state index contributed by atoms with van der Waals surface area (Å²) >= 11 is 2.08. The smallest absolute Gasteiger partial charge is 0.0587 e. The lowest BCUT2D eigenvalue weighted by molar-refractivity contribution is 0.199. The summed E-state index contributed by atoms with van der Waals surface area (Å²) in [6, 6.07) is 0. The van der Waals surface area contributed by atoms with E-state index in [0.717, 1.165) is 19.7 Å². The van der Waals surface area contributed by atoms with E-state index in [9.17, 15) is 0 Å². The molecule has 3 nitrogen and oxygen atoms in total. The van der Waals surface area contributed by atoms with Crippen LogP contribution in [0.2, 0.25) is 0 Å². The largest absolute Gasteiger partial charge is 0.383 e. The Hall–Kier alpha value is 0.230. The molecule has 0 spiro atoms. The number of unbranched alkanes of at least 4 members (excludes halogenated alkanes) is 1. The summed E-state index contributed by atoms with van der Waals surface area (Å²) in [5.41, 5.74) is 0. The van der Waals surface area contributed by atoms with Gasteiger partial charge < -0.3 is 15.0 Å². The second-order valence-corrected chi connectivity index (χ2v) is 5.13. The summed E-state index contributed by atoms with van der Waals surface area (Å²) in [6.07, 6.45) is 2.61. The number of methoxy groups -OCH3 is 1. The van der Waals surface area contributed by atoms with E-state index in [4.69, 9.17) is 4.74 Å². The van der Waals surface area contributed by atoms with Crippen molar-refractivity contribution in [3.05, 3.63) is 0 Å². The van der Waals surface area contributed by atoms with Gasteiger partial charge in [0, 0.05) is 38.2 Å². The van der Waals surface area contributed by atoms with Crippen molar-refractivity contribution in [2.75, 3.05) is 57.9 Å². The third-order valence-corrected chi connectivity index (χ3v) is 3.61. The number of nitrogens with one attached hydrogen (secondary N) is 1. The molecule has 1 saturated heterocycles. The molecule has 0 radical (unpaired) electrons. The van der Waals surface area contributed by atoms with Crippen molar-refractivity contribution in [3.63, 3.8) is 0 Å². The average Bonchev–Trinajstić information content (AvgIpc) is 2.29. The van der Waals surface area contributed by atoms with Crippen LogP contribution in [-0.4, -0.2) is 62.8 Å². The summed E-state index contributed by atoms with van der Waals surface area (Å²) in [5.74, 6) is 2.65. The van der Waals surface area contributed by atoms with E-state index in [-0.39, 0.29) is 0 Å². The molecule has 0 unspecified atom stereocenters. The molecule has 4 heteroatoms. The molecule has 15 heavy (non-hydrogen) atoms. The molecule has 1 aliphatic rings. The fourth-order valence-corrected chi connectivity index (χ4v) is 2.69. The molecule has 1 rings (SSSR count). The van der Waals surface area contributed by atoms with Crippen LogP contribution in [0.1, 0.15) is 12.8 Å². The quantitative estimate of drug-likeness (QED) is 0.632. The van der Waals surface area contributed by atoms with E-state index in [2.05, 4.69) is 22.0 Å². The van der Waals surface area contributed by atoms with Gasteiger partial charge >= 0.3 is 0 Å². The Kier molecular flexibility index (Phi) is 8.38. The molecule has 90 valence electrons. The zero-order valence-corrected chi connectivity index (χ0v) is 10.7. The van der Waals surface area contributed by atoms with Crippen molar-refractivity contribution in [2.24, 2.45) is 0 Å². The van der Waals surface area contributed by atoms with E-state index < -0.39 is 0 Å². The Bertz CT molecular complexity index is 141. The highest BCUT2D eigenvalue weighted by Gasteiger charge is 2.08. The Morgan fingerprint density at radius 1 is 1.20 bits per heavy atom. The summed E-state index contributed by atoms with van der Waals surface area (Å²) in [5, 5.41) is 3.38. The first kappa shape index (κ1) is 13.3. The van der Waals surface area contributed by atoms with Crippen LogP contribution in [-0.2, 0) is 4.74 Å². The number of nitrogens with zero attached hydrogens (tertiary/aromatic N) is 1. The van der Waals surface area contributed by atoms with Gasteiger partial charge in [-0.1, -0.05) is 0 Å². The highest BCUT2D eigenvalue weighted by molar-refractivity contribution is 7.99. The van der Waals surface area contributed by atoms with E-state index in [1.807, 2.05) is 0 Å². The highest BCUT2D eigenvalue weighted by atomic mass is 32.2. The first-order valence-electron chi connectivity index (χ1n) is 5.93. The maximum atomic E-state index is 4.97. The molecule has 0 aromatic carbocycles. The van der Waals surface area contributed by atoms with Crippen molar-refractivity contribution < 1.29 is 4.74 Å². The maximum absolute atomic E-state index is 4.97. The van der Waals surface area contributed by atoms with Crippen LogP contribution in [0, 0.1) is 0 Å². The normalized spacial score (nSPS) is 18.2. The Morgan fingerprint density at radius 2 is 2.00 bits per heavy atom. The third-order valence-electron chi connectivity index (χ3n) is 2.66. The fourth-order valence-electron chi connectivity index (χ4n) is 1.71. The van der Waals surface area contributed by atoms with E-state index in [0.29, 0.717) is 0 Å². The zero-order chi connectivity index (χ0) is 10.8. The molecule has 0 aliphatic carbocycles. The predicted octanol–water partition coefficient (Wildman–Crippen LogP) is 1.05.